The van der Waals surface area contributed by atoms with Crippen molar-refractivity contribution in [3.05, 3.63) is 93.5 Å². The number of hydrogen-bond acceptors (Lipinski definition) is 8. The minimum Gasteiger partial charge on any atom is -0.490 e. The van der Waals surface area contributed by atoms with Crippen molar-refractivity contribution in [1.82, 2.24) is 0 Å². The minimum absolute atomic E-state index is 0.0213. The zero-order valence-electron chi connectivity index (χ0n) is 17.6. The molecule has 0 atom stereocenters. The van der Waals surface area contributed by atoms with Gasteiger partial charge in [-0.25, -0.2) is 4.79 Å². The number of non-ortho nitro benzene ring substituents is 1. The fourth-order valence-corrected chi connectivity index (χ4v) is 3.30. The quantitative estimate of drug-likeness (QED) is 0.205. The van der Waals surface area contributed by atoms with Crippen LogP contribution in [0.15, 0.2) is 66.7 Å². The Hall–Kier alpha value is -4.11. The Balaban J connectivity index is 1.40. The molecule has 0 saturated heterocycles. The molecule has 0 amide bonds. The highest BCUT2D eigenvalue weighted by Gasteiger charge is 2.22. The van der Waals surface area contributed by atoms with Gasteiger partial charge in [-0.05, 0) is 24.3 Å². The van der Waals surface area contributed by atoms with Gasteiger partial charge in [0.05, 0.1) is 11.5 Å². The molecular formula is C24H21NO8. The van der Waals surface area contributed by atoms with Crippen LogP contribution in [0, 0.1) is 10.1 Å². The van der Waals surface area contributed by atoms with E-state index in [0.29, 0.717) is 29.2 Å². The van der Waals surface area contributed by atoms with Crippen LogP contribution in [0.4, 0.5) is 5.69 Å². The van der Waals surface area contributed by atoms with Crippen molar-refractivity contribution >= 4 is 11.7 Å². The molecule has 0 saturated carbocycles. The summed E-state index contributed by atoms with van der Waals surface area (Å²) in [6, 6.07) is 18.7. The second-order valence-electron chi connectivity index (χ2n) is 7.04. The number of hydrogen-bond donors (Lipinski definition) is 0. The fraction of sp³-hybridized carbons (Fsp3) is 0.208. The molecule has 3 aromatic rings. The highest BCUT2D eigenvalue weighted by molar-refractivity contribution is 5.92. The molecule has 3 aromatic carbocycles. The van der Waals surface area contributed by atoms with Crippen molar-refractivity contribution in [2.45, 2.75) is 13.2 Å². The van der Waals surface area contributed by atoms with Gasteiger partial charge in [-0.3, -0.25) is 10.1 Å². The number of carbonyl (C=O) groups is 1. The van der Waals surface area contributed by atoms with Gasteiger partial charge >= 0.3 is 5.97 Å². The van der Waals surface area contributed by atoms with E-state index in [4.69, 9.17) is 23.7 Å². The lowest BCUT2D eigenvalue weighted by molar-refractivity contribution is -0.385. The number of para-hydroxylation sites is 2. The number of nitro groups is 1. The first-order valence-electron chi connectivity index (χ1n) is 10.2. The molecular weight excluding hydrogens is 430 g/mol. The molecule has 4 rings (SSSR count). The van der Waals surface area contributed by atoms with Crippen LogP contribution in [0.5, 0.6) is 17.2 Å². The lowest BCUT2D eigenvalue weighted by Crippen LogP contribution is -2.15. The maximum absolute atomic E-state index is 12.7. The fourth-order valence-electron chi connectivity index (χ4n) is 3.30. The van der Waals surface area contributed by atoms with Crippen molar-refractivity contribution in [2.24, 2.45) is 0 Å². The summed E-state index contributed by atoms with van der Waals surface area (Å²) in [5, 5.41) is 11.2. The van der Waals surface area contributed by atoms with E-state index in [0.717, 1.165) is 5.75 Å². The Kier molecular flexibility index (Phi) is 7.01. The molecule has 0 aromatic heterocycles. The van der Waals surface area contributed by atoms with Gasteiger partial charge in [0.2, 0.25) is 0 Å². The maximum atomic E-state index is 12.7. The predicted octanol–water partition coefficient (Wildman–Crippen LogP) is 4.28. The average molecular weight is 451 g/mol. The van der Waals surface area contributed by atoms with Gasteiger partial charge in [0.25, 0.3) is 5.69 Å². The molecule has 1 aliphatic rings. The lowest BCUT2D eigenvalue weighted by atomic mass is 10.1. The van der Waals surface area contributed by atoms with E-state index in [1.165, 1.54) is 12.1 Å². The van der Waals surface area contributed by atoms with E-state index >= 15 is 0 Å². The number of ether oxygens (including phenoxy) is 5. The maximum Gasteiger partial charge on any atom is 0.342 e. The number of nitro benzene ring substituents is 1. The standard InChI is InChI=1S/C24H21NO8/c26-24(32-15-18-13-19(25(27)28)12-17-14-29-16-33-23(17)18)21-8-4-5-9-22(21)31-11-10-30-20-6-2-1-3-7-20/h1-9,12-13H,10-11,14-16H2. The van der Waals surface area contributed by atoms with Crippen LogP contribution < -0.4 is 14.2 Å². The van der Waals surface area contributed by atoms with Crippen LogP contribution in [0.1, 0.15) is 21.5 Å². The molecule has 0 bridgehead atoms. The van der Waals surface area contributed by atoms with Crippen LogP contribution >= 0.6 is 0 Å². The summed E-state index contributed by atoms with van der Waals surface area (Å²) < 4.78 is 27.4. The normalized spacial score (nSPS) is 12.2. The van der Waals surface area contributed by atoms with E-state index in [2.05, 4.69) is 0 Å². The monoisotopic (exact) mass is 451 g/mol. The molecule has 1 aliphatic heterocycles. The Morgan fingerprint density at radius 3 is 2.58 bits per heavy atom. The van der Waals surface area contributed by atoms with Gasteiger partial charge in [0.15, 0.2) is 6.79 Å². The Labute approximate surface area is 189 Å². The molecule has 0 unspecified atom stereocenters. The molecule has 9 heteroatoms. The summed E-state index contributed by atoms with van der Waals surface area (Å²) in [5.74, 6) is 0.885. The first-order valence-corrected chi connectivity index (χ1v) is 10.2. The summed E-state index contributed by atoms with van der Waals surface area (Å²) in [4.78, 5) is 23.5. The molecule has 33 heavy (non-hydrogen) atoms. The molecule has 1 heterocycles. The van der Waals surface area contributed by atoms with Gasteiger partial charge in [0, 0.05) is 23.3 Å². The third kappa shape index (κ3) is 5.58. The predicted molar refractivity (Wildman–Crippen MR) is 116 cm³/mol. The third-order valence-corrected chi connectivity index (χ3v) is 4.80. The molecule has 0 radical (unpaired) electrons. The number of fused-ring (bicyclic) bond motifs is 1. The second-order valence-corrected chi connectivity index (χ2v) is 7.04. The van der Waals surface area contributed by atoms with Crippen molar-refractivity contribution in [2.75, 3.05) is 20.0 Å². The zero-order chi connectivity index (χ0) is 23.0. The van der Waals surface area contributed by atoms with E-state index in [9.17, 15) is 14.9 Å². The highest BCUT2D eigenvalue weighted by atomic mass is 16.7. The third-order valence-electron chi connectivity index (χ3n) is 4.80. The van der Waals surface area contributed by atoms with Crippen molar-refractivity contribution in [3.8, 4) is 17.2 Å². The summed E-state index contributed by atoms with van der Waals surface area (Å²) in [7, 11) is 0. The van der Waals surface area contributed by atoms with E-state index in [1.807, 2.05) is 30.3 Å². The topological polar surface area (TPSA) is 106 Å². The Bertz CT molecular complexity index is 1130. The van der Waals surface area contributed by atoms with Crippen LogP contribution in [0.2, 0.25) is 0 Å². The second kappa shape index (κ2) is 10.5. The molecule has 9 nitrogen and oxygen atoms in total. The molecule has 0 spiro atoms. The van der Waals surface area contributed by atoms with Crippen LogP contribution in [0.25, 0.3) is 0 Å². The highest BCUT2D eigenvalue weighted by Crippen LogP contribution is 2.33. The van der Waals surface area contributed by atoms with Crippen LogP contribution in [-0.2, 0) is 22.7 Å². The number of benzene rings is 3. The zero-order valence-corrected chi connectivity index (χ0v) is 17.6. The summed E-state index contributed by atoms with van der Waals surface area (Å²) in [6.45, 7) is 0.527. The minimum atomic E-state index is -0.623. The van der Waals surface area contributed by atoms with Gasteiger partial charge in [-0.1, -0.05) is 30.3 Å². The smallest absolute Gasteiger partial charge is 0.342 e. The summed E-state index contributed by atoms with van der Waals surface area (Å²) >= 11 is 0. The summed E-state index contributed by atoms with van der Waals surface area (Å²) in [5.41, 5.74) is 1.03. The lowest BCUT2D eigenvalue weighted by Gasteiger charge is -2.20. The van der Waals surface area contributed by atoms with E-state index < -0.39 is 10.9 Å². The summed E-state index contributed by atoms with van der Waals surface area (Å²) in [6.07, 6.45) is 0. The molecule has 0 N–H and O–H groups in total. The molecule has 170 valence electrons. The number of nitrogens with zero attached hydrogens (tertiary/aromatic N) is 1. The SMILES string of the molecule is O=C(OCc1cc([N+](=O)[O-])cc2c1OCOC2)c1ccccc1OCCOc1ccccc1. The largest absolute Gasteiger partial charge is 0.490 e. The van der Waals surface area contributed by atoms with E-state index in [-0.39, 0.29) is 37.9 Å². The molecule has 0 fully saturated rings. The van der Waals surface area contributed by atoms with Crippen LogP contribution in [-0.4, -0.2) is 30.9 Å². The molecule has 0 aliphatic carbocycles. The van der Waals surface area contributed by atoms with Gasteiger partial charge < -0.3 is 23.7 Å². The van der Waals surface area contributed by atoms with E-state index in [1.54, 1.807) is 24.3 Å². The first kappa shape index (κ1) is 22.1. The number of carbonyl (C=O) groups excluding carboxylic acids is 1. The number of esters is 1. The van der Waals surface area contributed by atoms with Gasteiger partial charge in [-0.15, -0.1) is 0 Å². The van der Waals surface area contributed by atoms with Gasteiger partial charge in [-0.2, -0.15) is 0 Å². The Morgan fingerprint density at radius 2 is 1.76 bits per heavy atom. The average Bonchev–Trinajstić information content (AvgIpc) is 2.85. The van der Waals surface area contributed by atoms with Crippen molar-refractivity contribution < 1.29 is 33.4 Å². The van der Waals surface area contributed by atoms with Gasteiger partial charge in [0.1, 0.15) is 42.6 Å². The van der Waals surface area contributed by atoms with Crippen molar-refractivity contribution in [3.63, 3.8) is 0 Å². The Morgan fingerprint density at radius 1 is 1.00 bits per heavy atom. The van der Waals surface area contributed by atoms with Crippen molar-refractivity contribution in [1.29, 1.82) is 0 Å². The number of rotatable bonds is 9. The van der Waals surface area contributed by atoms with Crippen LogP contribution in [0.3, 0.4) is 0 Å². The first-order chi connectivity index (χ1) is 16.1.